The third kappa shape index (κ3) is 4.10. The highest BCUT2D eigenvalue weighted by Crippen LogP contribution is 2.62. The molecule has 2 aliphatic heterocycles. The van der Waals surface area contributed by atoms with Crippen molar-refractivity contribution in [1.29, 1.82) is 0 Å². The smallest absolute Gasteiger partial charge is 0.265 e. The number of para-hydroxylation sites is 2. The number of pyridine rings is 1. The molecule has 2 aliphatic rings. The van der Waals surface area contributed by atoms with Gasteiger partial charge in [0.15, 0.2) is 0 Å². The first kappa shape index (κ1) is 31.7. The number of rotatable bonds is 4. The van der Waals surface area contributed by atoms with Gasteiger partial charge in [0, 0.05) is 49.8 Å². The van der Waals surface area contributed by atoms with Crippen LogP contribution in [0.3, 0.4) is 0 Å². The van der Waals surface area contributed by atoms with Crippen molar-refractivity contribution in [3.05, 3.63) is 193 Å². The quantitative estimate of drug-likeness (QED) is 0.133. The van der Waals surface area contributed by atoms with Crippen LogP contribution in [0.4, 0.5) is 0 Å². The van der Waals surface area contributed by atoms with Crippen molar-refractivity contribution in [3.8, 4) is 16.8 Å². The van der Waals surface area contributed by atoms with E-state index in [-0.39, 0.29) is 12.3 Å². The van der Waals surface area contributed by atoms with Gasteiger partial charge in [0.2, 0.25) is 6.17 Å². The number of quaternary nitrogens is 1. The molecule has 58 heavy (non-hydrogen) atoms. The highest BCUT2D eigenvalue weighted by molar-refractivity contribution is 6.25. The zero-order valence-corrected chi connectivity index (χ0v) is 31.6. The lowest BCUT2D eigenvalue weighted by molar-refractivity contribution is -0.876. The van der Waals surface area contributed by atoms with Crippen LogP contribution in [0.25, 0.3) is 82.5 Å². The molecule has 1 saturated heterocycles. The molecule has 7 nitrogen and oxygen atoms in total. The summed E-state index contributed by atoms with van der Waals surface area (Å²) in [6.45, 7) is 0. The molecule has 3 atom stereocenters. The van der Waals surface area contributed by atoms with Crippen molar-refractivity contribution in [1.82, 2.24) is 19.1 Å². The van der Waals surface area contributed by atoms with E-state index >= 15 is 0 Å². The number of hydrogen-bond donors (Lipinski definition) is 0. The molecule has 0 radical (unpaired) electrons. The van der Waals surface area contributed by atoms with Gasteiger partial charge in [-0.25, -0.2) is 4.98 Å². The molecule has 3 unspecified atom stereocenters. The SMILES string of the molecule is C[N+]12C(c3ccccc3)N=C(n3c4ccccc4c4ccc5c6cccnc6n(-c6ccccc6)c5c43)N1C2c1cccc2oc3cccc(-c4ccccc4)c3c12. The van der Waals surface area contributed by atoms with Crippen molar-refractivity contribution in [3.63, 3.8) is 0 Å². The Balaban J connectivity index is 1.12. The van der Waals surface area contributed by atoms with Gasteiger partial charge in [-0.2, -0.15) is 9.58 Å². The Morgan fingerprint density at radius 2 is 1.21 bits per heavy atom. The first-order valence-electron chi connectivity index (χ1n) is 19.8. The lowest BCUT2D eigenvalue weighted by Crippen LogP contribution is -2.27. The Labute approximate surface area is 333 Å². The highest BCUT2D eigenvalue weighted by Gasteiger charge is 2.74. The minimum atomic E-state index is -0.180. The van der Waals surface area contributed by atoms with Gasteiger partial charge in [-0.05, 0) is 59.7 Å². The summed E-state index contributed by atoms with van der Waals surface area (Å²) in [5.74, 6) is 0.922. The van der Waals surface area contributed by atoms with E-state index in [1.54, 1.807) is 0 Å². The van der Waals surface area contributed by atoms with Crippen molar-refractivity contribution >= 4 is 71.6 Å². The molecule has 1 fully saturated rings. The predicted molar refractivity (Wildman–Crippen MR) is 234 cm³/mol. The van der Waals surface area contributed by atoms with E-state index in [4.69, 9.17) is 14.4 Å². The summed E-state index contributed by atoms with van der Waals surface area (Å²) in [5.41, 5.74) is 11.9. The normalized spacial score (nSPS) is 18.9. The number of aliphatic imine (C=N–C) groups is 1. The Hall–Kier alpha value is -7.48. The van der Waals surface area contributed by atoms with Crippen LogP contribution in [0.2, 0.25) is 0 Å². The first-order chi connectivity index (χ1) is 28.7. The van der Waals surface area contributed by atoms with Crippen LogP contribution in [0.1, 0.15) is 23.5 Å². The first-order valence-corrected chi connectivity index (χ1v) is 19.8. The Morgan fingerprint density at radius 3 is 2.02 bits per heavy atom. The molecular weight excluding hydrogens is 713 g/mol. The molecule has 4 aromatic heterocycles. The number of benzene rings is 7. The molecule has 7 heteroatoms. The zero-order valence-electron chi connectivity index (χ0n) is 31.6. The predicted octanol–water partition coefficient (Wildman–Crippen LogP) is 12.1. The summed E-state index contributed by atoms with van der Waals surface area (Å²) >= 11 is 0. The maximum absolute atomic E-state index is 6.68. The summed E-state index contributed by atoms with van der Waals surface area (Å²) in [6.07, 6.45) is 1.68. The maximum atomic E-state index is 6.68. The van der Waals surface area contributed by atoms with Gasteiger partial charge >= 0.3 is 0 Å². The lowest BCUT2D eigenvalue weighted by Gasteiger charge is -2.16. The van der Waals surface area contributed by atoms with E-state index in [0.29, 0.717) is 4.59 Å². The summed E-state index contributed by atoms with van der Waals surface area (Å²) < 4.78 is 12.0. The van der Waals surface area contributed by atoms with E-state index in [2.05, 4.69) is 191 Å². The lowest BCUT2D eigenvalue weighted by atomic mass is 9.96. The van der Waals surface area contributed by atoms with Gasteiger partial charge in [-0.15, -0.1) is 5.01 Å². The molecule has 0 spiro atoms. The van der Waals surface area contributed by atoms with Crippen LogP contribution in [0.15, 0.2) is 192 Å². The van der Waals surface area contributed by atoms with Crippen LogP contribution in [-0.2, 0) is 0 Å². The van der Waals surface area contributed by atoms with Gasteiger partial charge in [0.1, 0.15) is 16.8 Å². The second-order valence-corrected chi connectivity index (χ2v) is 15.7. The average molecular weight is 748 g/mol. The van der Waals surface area contributed by atoms with E-state index in [1.165, 1.54) is 33.0 Å². The maximum Gasteiger partial charge on any atom is 0.265 e. The highest BCUT2D eigenvalue weighted by atomic mass is 16.3. The van der Waals surface area contributed by atoms with E-state index in [9.17, 15) is 0 Å². The van der Waals surface area contributed by atoms with Crippen molar-refractivity contribution in [2.45, 2.75) is 12.3 Å². The summed E-state index contributed by atoms with van der Waals surface area (Å²) in [7, 11) is 2.34. The van der Waals surface area contributed by atoms with E-state index in [1.807, 2.05) is 12.3 Å². The molecule has 6 heterocycles. The van der Waals surface area contributed by atoms with Crippen LogP contribution in [-0.4, -0.2) is 36.7 Å². The van der Waals surface area contributed by atoms with E-state index in [0.717, 1.165) is 66.6 Å². The van der Waals surface area contributed by atoms with E-state index < -0.39 is 0 Å². The minimum Gasteiger partial charge on any atom is -0.456 e. The molecule has 0 aliphatic carbocycles. The second-order valence-electron chi connectivity index (χ2n) is 15.7. The summed E-state index contributed by atoms with van der Waals surface area (Å²) in [4.78, 5) is 10.8. The van der Waals surface area contributed by atoms with Gasteiger partial charge in [-0.3, -0.25) is 9.13 Å². The van der Waals surface area contributed by atoms with Crippen molar-refractivity contribution in [2.24, 2.45) is 4.99 Å². The molecule has 11 aromatic rings. The Kier molecular flexibility index (Phi) is 6.30. The van der Waals surface area contributed by atoms with Gasteiger partial charge in [0.25, 0.3) is 12.1 Å². The molecule has 0 bridgehead atoms. The zero-order chi connectivity index (χ0) is 38.1. The third-order valence-corrected chi connectivity index (χ3v) is 12.6. The number of furan rings is 1. The molecule has 13 rings (SSSR count). The number of aromatic nitrogens is 3. The number of hydrogen-bond acceptors (Lipinski definition) is 4. The van der Waals surface area contributed by atoms with Crippen molar-refractivity contribution < 1.29 is 9.01 Å². The summed E-state index contributed by atoms with van der Waals surface area (Å²) in [5, 5.41) is 9.46. The largest absolute Gasteiger partial charge is 0.456 e. The molecule has 7 aromatic carbocycles. The molecular formula is C51H35N6O+. The molecule has 0 saturated carbocycles. The second kappa shape index (κ2) is 11.5. The van der Waals surface area contributed by atoms with Crippen LogP contribution in [0, 0.1) is 0 Å². The molecule has 0 amide bonds. The van der Waals surface area contributed by atoms with Gasteiger partial charge in [-0.1, -0.05) is 127 Å². The Morgan fingerprint density at radius 1 is 0.552 bits per heavy atom. The monoisotopic (exact) mass is 747 g/mol. The van der Waals surface area contributed by atoms with Crippen LogP contribution in [0.5, 0.6) is 0 Å². The van der Waals surface area contributed by atoms with Crippen LogP contribution >= 0.6 is 0 Å². The van der Waals surface area contributed by atoms with Crippen molar-refractivity contribution in [2.75, 3.05) is 7.05 Å². The summed E-state index contributed by atoms with van der Waals surface area (Å²) in [6, 6.07) is 62.6. The molecule has 274 valence electrons. The average Bonchev–Trinajstić information content (AvgIpc) is 3.68. The van der Waals surface area contributed by atoms with Gasteiger partial charge in [0.05, 0.1) is 29.2 Å². The number of nitrogens with zero attached hydrogens (tertiary/aromatic N) is 6. The fourth-order valence-electron chi connectivity index (χ4n) is 10.1. The Bertz CT molecular complexity index is 3490. The molecule has 0 N–H and O–H groups in total. The third-order valence-electron chi connectivity index (χ3n) is 12.6. The fourth-order valence-corrected chi connectivity index (χ4v) is 10.1. The number of fused-ring (bicyclic) bond motifs is 11. The minimum absolute atomic E-state index is 0.0388. The standard InChI is InChI=1S/C51H35N6O/c1-57-49(33-18-7-3-8-19-33)53-51(56(57)50(57)40-24-14-28-43-45(40)44-35(23-13-27-42(44)58-43)32-16-5-2-6-17-32)55-41-26-12-11-22-36(41)37-29-30-38-39-25-15-31-52-48(39)54(46(38)47(37)55)34-20-9-4-10-21-34/h2-31,49-50H,1H3/q+1. The van der Waals surface area contributed by atoms with Gasteiger partial charge < -0.3 is 4.42 Å². The fraction of sp³-hybridized carbons (Fsp3) is 0.0588. The topological polar surface area (TPSA) is 51.3 Å². The van der Waals surface area contributed by atoms with Crippen LogP contribution < -0.4 is 0 Å².